The highest BCUT2D eigenvalue weighted by Gasteiger charge is 2.27. The van der Waals surface area contributed by atoms with Gasteiger partial charge in [-0.1, -0.05) is 47.8 Å². The Bertz CT molecular complexity index is 390. The molecule has 1 aliphatic carbocycles. The number of hydrogen-bond acceptors (Lipinski definition) is 2. The second-order valence-electron chi connectivity index (χ2n) is 5.89. The van der Waals surface area contributed by atoms with Crippen molar-refractivity contribution in [2.45, 2.75) is 44.7 Å². The molecule has 0 aliphatic heterocycles. The van der Waals surface area contributed by atoms with E-state index in [1.165, 1.54) is 31.2 Å². The van der Waals surface area contributed by atoms with Gasteiger partial charge in [0.25, 0.3) is 0 Å². The lowest BCUT2D eigenvalue weighted by molar-refractivity contribution is 0.121. The molecular formula is C16H25BrN2. The van der Waals surface area contributed by atoms with Gasteiger partial charge in [0, 0.05) is 23.1 Å². The van der Waals surface area contributed by atoms with Gasteiger partial charge in [-0.15, -0.1) is 0 Å². The molecule has 106 valence electrons. The van der Waals surface area contributed by atoms with E-state index in [0.29, 0.717) is 18.6 Å². The summed E-state index contributed by atoms with van der Waals surface area (Å²) >= 11 is 3.49. The lowest BCUT2D eigenvalue weighted by Crippen LogP contribution is -2.41. The van der Waals surface area contributed by atoms with Gasteiger partial charge < -0.3 is 5.73 Å². The first kappa shape index (κ1) is 15.0. The molecule has 3 heteroatoms. The summed E-state index contributed by atoms with van der Waals surface area (Å²) in [5.41, 5.74) is 7.36. The van der Waals surface area contributed by atoms with Crippen LogP contribution in [-0.2, 0) is 0 Å². The Labute approximate surface area is 125 Å². The maximum atomic E-state index is 6.03. The lowest BCUT2D eigenvalue weighted by atomic mass is 9.85. The monoisotopic (exact) mass is 324 g/mol. The zero-order valence-electron chi connectivity index (χ0n) is 12.0. The molecule has 3 atom stereocenters. The molecule has 0 heterocycles. The third-order valence-corrected chi connectivity index (χ3v) is 4.98. The SMILES string of the molecule is CC1CCCC(N(C)C(CN)c2ccc(Br)cc2)C1. The first-order valence-corrected chi connectivity index (χ1v) is 8.08. The fourth-order valence-corrected chi connectivity index (χ4v) is 3.51. The molecule has 0 saturated heterocycles. The lowest BCUT2D eigenvalue weighted by Gasteiger charge is -2.39. The van der Waals surface area contributed by atoms with Gasteiger partial charge in [0.15, 0.2) is 0 Å². The van der Waals surface area contributed by atoms with E-state index in [2.05, 4.69) is 59.1 Å². The maximum absolute atomic E-state index is 6.03. The van der Waals surface area contributed by atoms with Crippen molar-refractivity contribution in [3.05, 3.63) is 34.3 Å². The van der Waals surface area contributed by atoms with Gasteiger partial charge >= 0.3 is 0 Å². The zero-order chi connectivity index (χ0) is 13.8. The molecular weight excluding hydrogens is 300 g/mol. The molecule has 0 bridgehead atoms. The van der Waals surface area contributed by atoms with Gasteiger partial charge in [-0.2, -0.15) is 0 Å². The summed E-state index contributed by atoms with van der Waals surface area (Å²) in [4.78, 5) is 2.50. The Hall–Kier alpha value is -0.380. The highest BCUT2D eigenvalue weighted by atomic mass is 79.9. The molecule has 0 radical (unpaired) electrons. The number of likely N-dealkylation sites (N-methyl/N-ethyl adjacent to an activating group) is 1. The minimum atomic E-state index is 0.336. The van der Waals surface area contributed by atoms with Crippen molar-refractivity contribution >= 4 is 15.9 Å². The number of nitrogens with two attached hydrogens (primary N) is 1. The smallest absolute Gasteiger partial charge is 0.0470 e. The van der Waals surface area contributed by atoms with E-state index < -0.39 is 0 Å². The van der Waals surface area contributed by atoms with E-state index >= 15 is 0 Å². The molecule has 0 spiro atoms. The average Bonchev–Trinajstić information content (AvgIpc) is 2.41. The van der Waals surface area contributed by atoms with Crippen LogP contribution in [0.4, 0.5) is 0 Å². The molecule has 19 heavy (non-hydrogen) atoms. The number of nitrogens with zero attached hydrogens (tertiary/aromatic N) is 1. The summed E-state index contributed by atoms with van der Waals surface area (Å²) in [5, 5.41) is 0. The summed E-state index contributed by atoms with van der Waals surface area (Å²) in [6, 6.07) is 9.60. The van der Waals surface area contributed by atoms with Crippen LogP contribution in [-0.4, -0.2) is 24.5 Å². The summed E-state index contributed by atoms with van der Waals surface area (Å²) in [5.74, 6) is 0.851. The molecule has 1 aromatic rings. The fraction of sp³-hybridized carbons (Fsp3) is 0.625. The van der Waals surface area contributed by atoms with E-state index in [4.69, 9.17) is 5.73 Å². The van der Waals surface area contributed by atoms with Crippen molar-refractivity contribution in [3.8, 4) is 0 Å². The van der Waals surface area contributed by atoms with Crippen LogP contribution in [0.3, 0.4) is 0 Å². The fourth-order valence-electron chi connectivity index (χ4n) is 3.25. The van der Waals surface area contributed by atoms with Gasteiger partial charge in [-0.05, 0) is 43.5 Å². The van der Waals surface area contributed by atoms with E-state index in [1.54, 1.807) is 0 Å². The summed E-state index contributed by atoms with van der Waals surface area (Å²) in [6.45, 7) is 3.06. The second kappa shape index (κ2) is 6.87. The topological polar surface area (TPSA) is 29.3 Å². The highest BCUT2D eigenvalue weighted by Crippen LogP contribution is 2.31. The van der Waals surface area contributed by atoms with Crippen molar-refractivity contribution < 1.29 is 0 Å². The first-order chi connectivity index (χ1) is 9.11. The van der Waals surface area contributed by atoms with Gasteiger partial charge in [0.05, 0.1) is 0 Å². The quantitative estimate of drug-likeness (QED) is 0.908. The van der Waals surface area contributed by atoms with E-state index in [-0.39, 0.29) is 0 Å². The van der Waals surface area contributed by atoms with Crippen LogP contribution in [0.1, 0.15) is 44.2 Å². The van der Waals surface area contributed by atoms with Crippen LogP contribution in [0, 0.1) is 5.92 Å². The van der Waals surface area contributed by atoms with Gasteiger partial charge in [0.1, 0.15) is 0 Å². The Kier molecular flexibility index (Phi) is 5.43. The van der Waals surface area contributed by atoms with E-state index in [1.807, 2.05) is 0 Å². The predicted molar refractivity (Wildman–Crippen MR) is 85.1 cm³/mol. The number of benzene rings is 1. The van der Waals surface area contributed by atoms with E-state index in [9.17, 15) is 0 Å². The highest BCUT2D eigenvalue weighted by molar-refractivity contribution is 9.10. The Balaban J connectivity index is 2.09. The van der Waals surface area contributed by atoms with Crippen molar-refractivity contribution in [2.24, 2.45) is 11.7 Å². The normalized spacial score (nSPS) is 25.5. The largest absolute Gasteiger partial charge is 0.329 e. The van der Waals surface area contributed by atoms with Crippen LogP contribution in [0.2, 0.25) is 0 Å². The predicted octanol–water partition coefficient (Wildman–Crippen LogP) is 3.96. The van der Waals surface area contributed by atoms with E-state index in [0.717, 1.165) is 10.4 Å². The van der Waals surface area contributed by atoms with Gasteiger partial charge in [0.2, 0.25) is 0 Å². The number of hydrogen-bond donors (Lipinski definition) is 1. The van der Waals surface area contributed by atoms with Crippen molar-refractivity contribution in [1.82, 2.24) is 4.90 Å². The molecule has 2 nitrogen and oxygen atoms in total. The average molecular weight is 325 g/mol. The number of rotatable bonds is 4. The molecule has 1 saturated carbocycles. The molecule has 2 rings (SSSR count). The molecule has 0 amide bonds. The minimum absolute atomic E-state index is 0.336. The van der Waals surface area contributed by atoms with Gasteiger partial charge in [-0.25, -0.2) is 0 Å². The molecule has 3 unspecified atom stereocenters. The second-order valence-corrected chi connectivity index (χ2v) is 6.81. The molecule has 1 aliphatic rings. The summed E-state index contributed by atoms with van der Waals surface area (Å²) < 4.78 is 1.13. The Morgan fingerprint density at radius 3 is 2.58 bits per heavy atom. The molecule has 2 N–H and O–H groups in total. The third kappa shape index (κ3) is 3.80. The summed E-state index contributed by atoms with van der Waals surface area (Å²) in [7, 11) is 2.24. The summed E-state index contributed by atoms with van der Waals surface area (Å²) in [6.07, 6.45) is 5.36. The minimum Gasteiger partial charge on any atom is -0.329 e. The zero-order valence-corrected chi connectivity index (χ0v) is 13.6. The van der Waals surface area contributed by atoms with Crippen molar-refractivity contribution in [3.63, 3.8) is 0 Å². The first-order valence-electron chi connectivity index (χ1n) is 7.29. The Morgan fingerprint density at radius 2 is 2.00 bits per heavy atom. The van der Waals surface area contributed by atoms with Crippen LogP contribution >= 0.6 is 15.9 Å². The third-order valence-electron chi connectivity index (χ3n) is 4.45. The van der Waals surface area contributed by atoms with Crippen LogP contribution < -0.4 is 5.73 Å². The standard InChI is InChI=1S/C16H25BrN2/c1-12-4-3-5-15(10-12)19(2)16(11-18)13-6-8-14(17)9-7-13/h6-9,12,15-16H,3-5,10-11,18H2,1-2H3. The number of halogens is 1. The van der Waals surface area contributed by atoms with Crippen LogP contribution in [0.5, 0.6) is 0 Å². The Morgan fingerprint density at radius 1 is 1.32 bits per heavy atom. The molecule has 1 aromatic carbocycles. The van der Waals surface area contributed by atoms with Gasteiger partial charge in [-0.3, -0.25) is 4.90 Å². The molecule has 0 aromatic heterocycles. The molecule has 1 fully saturated rings. The van der Waals surface area contributed by atoms with Crippen LogP contribution in [0.25, 0.3) is 0 Å². The van der Waals surface area contributed by atoms with Crippen molar-refractivity contribution in [2.75, 3.05) is 13.6 Å². The maximum Gasteiger partial charge on any atom is 0.0470 e. The van der Waals surface area contributed by atoms with Crippen molar-refractivity contribution in [1.29, 1.82) is 0 Å². The van der Waals surface area contributed by atoms with Crippen LogP contribution in [0.15, 0.2) is 28.7 Å².